The average molecular weight is 489 g/mol. The van der Waals surface area contributed by atoms with Gasteiger partial charge in [-0.25, -0.2) is 0 Å². The molecule has 7 heteroatoms. The SMILES string of the molecule is CC(CCCO)C1CCC2C3C(CC[C@]12C)[C@@]1(C)CC[C@@H](P=O)C[C@H]1[C@H](OP)[C@@H]3OP. The molecule has 4 nitrogen and oxygen atoms in total. The maximum Gasteiger partial charge on any atom is 0.158 e. The normalized spacial score (nSPS) is 50.5. The van der Waals surface area contributed by atoms with Gasteiger partial charge in [-0.05, 0) is 104 Å². The predicted octanol–water partition coefficient (Wildman–Crippen LogP) is 6.28. The van der Waals surface area contributed by atoms with Gasteiger partial charge in [0.05, 0.1) is 12.2 Å². The average Bonchev–Trinajstić information content (AvgIpc) is 3.13. The first-order valence-corrected chi connectivity index (χ1v) is 14.3. The Bertz CT molecular complexity index is 650. The number of hydrogen-bond donors (Lipinski definition) is 1. The Hall–Kier alpha value is 0.840. The van der Waals surface area contributed by atoms with Crippen LogP contribution in [0.5, 0.6) is 0 Å². The van der Waals surface area contributed by atoms with Crippen LogP contribution >= 0.6 is 27.4 Å². The Balaban J connectivity index is 1.66. The summed E-state index contributed by atoms with van der Waals surface area (Å²) >= 11 is 0. The highest BCUT2D eigenvalue weighted by molar-refractivity contribution is 7.24. The van der Waals surface area contributed by atoms with E-state index in [1.807, 2.05) is 0 Å². The fourth-order valence-electron chi connectivity index (χ4n) is 9.21. The van der Waals surface area contributed by atoms with Gasteiger partial charge in [0.25, 0.3) is 0 Å². The second-order valence-electron chi connectivity index (χ2n) is 11.7. The van der Waals surface area contributed by atoms with Crippen LogP contribution < -0.4 is 0 Å². The monoisotopic (exact) mass is 488 g/mol. The molecule has 0 aliphatic heterocycles. The molecule has 13 atom stereocenters. The molecular formula is C24H43O4P3. The molecule has 4 aliphatic carbocycles. The van der Waals surface area contributed by atoms with E-state index in [0.717, 1.165) is 38.0 Å². The third-order valence-electron chi connectivity index (χ3n) is 10.7. The summed E-state index contributed by atoms with van der Waals surface area (Å²) in [6.07, 6.45) is 10.6. The molecule has 1 N–H and O–H groups in total. The molecular weight excluding hydrogens is 445 g/mol. The van der Waals surface area contributed by atoms with E-state index in [-0.39, 0.29) is 23.3 Å². The number of fused-ring (bicyclic) bond motifs is 5. The van der Waals surface area contributed by atoms with Crippen molar-refractivity contribution in [2.45, 2.75) is 96.4 Å². The molecule has 4 saturated carbocycles. The summed E-state index contributed by atoms with van der Waals surface area (Å²) < 4.78 is 24.1. The number of aliphatic hydroxyl groups excluding tert-OH is 1. The molecule has 0 aromatic heterocycles. The molecule has 0 aromatic carbocycles. The molecule has 0 radical (unpaired) electrons. The lowest BCUT2D eigenvalue weighted by atomic mass is 9.43. The number of aliphatic hydroxyl groups is 1. The molecule has 178 valence electrons. The van der Waals surface area contributed by atoms with Gasteiger partial charge in [-0.3, -0.25) is 4.57 Å². The van der Waals surface area contributed by atoms with Crippen LogP contribution in [0.2, 0.25) is 0 Å². The van der Waals surface area contributed by atoms with E-state index in [2.05, 4.69) is 39.7 Å². The highest BCUT2D eigenvalue weighted by Crippen LogP contribution is 2.69. The molecule has 7 unspecified atom stereocenters. The zero-order valence-corrected chi connectivity index (χ0v) is 22.7. The van der Waals surface area contributed by atoms with Crippen LogP contribution in [0.1, 0.15) is 78.6 Å². The van der Waals surface area contributed by atoms with E-state index in [1.54, 1.807) is 0 Å². The van der Waals surface area contributed by atoms with Gasteiger partial charge in [-0.15, -0.1) is 0 Å². The van der Waals surface area contributed by atoms with Crippen LogP contribution in [0, 0.1) is 46.3 Å². The van der Waals surface area contributed by atoms with E-state index in [9.17, 15) is 9.67 Å². The van der Waals surface area contributed by atoms with Crippen molar-refractivity contribution < 1.29 is 18.7 Å². The van der Waals surface area contributed by atoms with E-state index < -0.39 is 0 Å². The fraction of sp³-hybridized carbons (Fsp3) is 1.00. The third-order valence-corrected chi connectivity index (χ3v) is 12.1. The van der Waals surface area contributed by atoms with Gasteiger partial charge >= 0.3 is 0 Å². The van der Waals surface area contributed by atoms with Crippen molar-refractivity contribution in [2.24, 2.45) is 46.3 Å². The largest absolute Gasteiger partial charge is 0.396 e. The Morgan fingerprint density at radius 2 is 1.68 bits per heavy atom. The van der Waals surface area contributed by atoms with Crippen LogP contribution in [0.25, 0.3) is 0 Å². The molecule has 0 bridgehead atoms. The summed E-state index contributed by atoms with van der Waals surface area (Å²) in [5, 5.41) is 9.35. The van der Waals surface area contributed by atoms with Gasteiger partial charge in [-0.1, -0.05) is 20.8 Å². The third kappa shape index (κ3) is 4.02. The van der Waals surface area contributed by atoms with Crippen molar-refractivity contribution in [3.63, 3.8) is 0 Å². The van der Waals surface area contributed by atoms with E-state index in [4.69, 9.17) is 9.05 Å². The van der Waals surface area contributed by atoms with Gasteiger partial charge in [0.2, 0.25) is 0 Å². The zero-order valence-electron chi connectivity index (χ0n) is 19.5. The van der Waals surface area contributed by atoms with Crippen LogP contribution in [-0.2, 0) is 13.6 Å². The lowest BCUT2D eigenvalue weighted by Gasteiger charge is -2.64. The van der Waals surface area contributed by atoms with Crippen LogP contribution in [-0.4, -0.2) is 29.6 Å². The fourth-order valence-corrected chi connectivity index (χ4v) is 10.4. The summed E-state index contributed by atoms with van der Waals surface area (Å²) in [5.41, 5.74) is 0.866. The van der Waals surface area contributed by atoms with Crippen molar-refractivity contribution in [2.75, 3.05) is 6.61 Å². The van der Waals surface area contributed by atoms with Crippen molar-refractivity contribution in [1.82, 2.24) is 0 Å². The minimum atomic E-state index is 0.0477. The Labute approximate surface area is 195 Å². The molecule has 4 rings (SSSR count). The molecule has 4 aliphatic rings. The maximum atomic E-state index is 11.7. The lowest BCUT2D eigenvalue weighted by Crippen LogP contribution is -2.64. The summed E-state index contributed by atoms with van der Waals surface area (Å²) in [7, 11) is 5.41. The second kappa shape index (κ2) is 9.84. The first-order chi connectivity index (χ1) is 14.9. The summed E-state index contributed by atoms with van der Waals surface area (Å²) in [6.45, 7) is 7.81. The number of hydrogen-bond acceptors (Lipinski definition) is 4. The van der Waals surface area contributed by atoms with Crippen molar-refractivity contribution >= 4 is 27.4 Å². The zero-order chi connectivity index (χ0) is 22.4. The summed E-state index contributed by atoms with van der Waals surface area (Å²) in [5.74, 6) is 3.68. The van der Waals surface area contributed by atoms with Crippen LogP contribution in [0.3, 0.4) is 0 Å². The first kappa shape index (κ1) is 24.9. The highest BCUT2D eigenvalue weighted by Gasteiger charge is 2.66. The standard InChI is InChI=1S/C24H43O4P3/c1-14(5-4-12-25)16-6-7-17-20-18(9-11-23(16,17)2)24(3)10-8-15(31-26)13-19(24)21(27-29)22(20)28-30/h14-22,25H,4-13,29-30H2,1-3H3/t14?,15-,16?,17?,18?,19+,20?,21+,22-,23-,24-/m1/s1. The van der Waals surface area contributed by atoms with Crippen molar-refractivity contribution in [1.29, 1.82) is 0 Å². The van der Waals surface area contributed by atoms with Gasteiger partial charge in [0, 0.05) is 31.2 Å². The van der Waals surface area contributed by atoms with Crippen LogP contribution in [0.15, 0.2) is 0 Å². The van der Waals surface area contributed by atoms with Crippen molar-refractivity contribution in [3.8, 4) is 0 Å². The molecule has 0 heterocycles. The molecule has 4 fully saturated rings. The quantitative estimate of drug-likeness (QED) is 0.428. The molecule has 0 amide bonds. The summed E-state index contributed by atoms with van der Waals surface area (Å²) in [6, 6.07) is 0. The van der Waals surface area contributed by atoms with Gasteiger partial charge in [0.1, 0.15) is 0 Å². The minimum Gasteiger partial charge on any atom is -0.396 e. The minimum absolute atomic E-state index is 0.0477. The highest BCUT2D eigenvalue weighted by atomic mass is 31.1. The molecule has 0 aromatic rings. The maximum absolute atomic E-state index is 11.7. The van der Waals surface area contributed by atoms with Gasteiger partial charge in [0.15, 0.2) is 8.46 Å². The van der Waals surface area contributed by atoms with Crippen LogP contribution in [0.4, 0.5) is 0 Å². The van der Waals surface area contributed by atoms with Gasteiger partial charge in [-0.2, -0.15) is 0 Å². The van der Waals surface area contributed by atoms with E-state index >= 15 is 0 Å². The number of rotatable bonds is 7. The second-order valence-corrected chi connectivity index (χ2v) is 13.2. The van der Waals surface area contributed by atoms with Crippen molar-refractivity contribution in [3.05, 3.63) is 0 Å². The lowest BCUT2D eigenvalue weighted by molar-refractivity contribution is -0.195. The Morgan fingerprint density at radius 3 is 2.32 bits per heavy atom. The predicted molar refractivity (Wildman–Crippen MR) is 132 cm³/mol. The Kier molecular flexibility index (Phi) is 7.92. The molecule has 0 saturated heterocycles. The molecule has 31 heavy (non-hydrogen) atoms. The Morgan fingerprint density at radius 1 is 1.00 bits per heavy atom. The summed E-state index contributed by atoms with van der Waals surface area (Å²) in [4.78, 5) is 0. The topological polar surface area (TPSA) is 55.8 Å². The van der Waals surface area contributed by atoms with E-state index in [0.29, 0.717) is 50.1 Å². The van der Waals surface area contributed by atoms with Gasteiger partial charge < -0.3 is 14.2 Å². The smallest absolute Gasteiger partial charge is 0.158 e. The van der Waals surface area contributed by atoms with E-state index in [1.165, 1.54) is 25.7 Å². The molecule has 0 spiro atoms. The first-order valence-electron chi connectivity index (χ1n) is 12.5.